The van der Waals surface area contributed by atoms with Crippen LogP contribution in [-0.2, 0) is 4.79 Å². The fourth-order valence-electron chi connectivity index (χ4n) is 2.68. The standard InChI is InChI=1S/C15H19N3OS.ClH/c1-10-17-13-3-2-12(9-14(13)20-10)18-15(19)8-11-4-6-16-7-5-11;/h2-3,9,11,16H,4-8H2,1H3,(H,18,19);1H. The lowest BCUT2D eigenvalue weighted by atomic mass is 9.94. The molecule has 0 unspecified atom stereocenters. The Bertz CT molecular complexity index is 622. The van der Waals surface area contributed by atoms with Gasteiger partial charge >= 0.3 is 0 Å². The number of rotatable bonds is 3. The quantitative estimate of drug-likeness (QED) is 0.910. The average molecular weight is 326 g/mol. The van der Waals surface area contributed by atoms with Gasteiger partial charge in [0.1, 0.15) is 0 Å². The summed E-state index contributed by atoms with van der Waals surface area (Å²) < 4.78 is 1.13. The summed E-state index contributed by atoms with van der Waals surface area (Å²) in [5.74, 6) is 0.642. The van der Waals surface area contributed by atoms with Crippen molar-refractivity contribution in [3.63, 3.8) is 0 Å². The molecule has 114 valence electrons. The van der Waals surface area contributed by atoms with E-state index in [1.807, 2.05) is 25.1 Å². The number of carbonyl (C=O) groups is 1. The highest BCUT2D eigenvalue weighted by Crippen LogP contribution is 2.25. The number of aryl methyl sites for hydroxylation is 1. The maximum Gasteiger partial charge on any atom is 0.224 e. The number of halogens is 1. The van der Waals surface area contributed by atoms with Crippen LogP contribution in [0.1, 0.15) is 24.3 Å². The second-order valence-electron chi connectivity index (χ2n) is 5.36. The van der Waals surface area contributed by atoms with Gasteiger partial charge in [0.05, 0.1) is 15.2 Å². The van der Waals surface area contributed by atoms with Crippen LogP contribution in [0.3, 0.4) is 0 Å². The Hall–Kier alpha value is -1.17. The summed E-state index contributed by atoms with van der Waals surface area (Å²) >= 11 is 1.66. The first-order chi connectivity index (χ1) is 9.70. The molecule has 1 saturated heterocycles. The number of thiazole rings is 1. The molecule has 2 aromatic rings. The molecule has 0 bridgehead atoms. The van der Waals surface area contributed by atoms with Gasteiger partial charge in [-0.1, -0.05) is 0 Å². The van der Waals surface area contributed by atoms with Crippen LogP contribution < -0.4 is 10.6 Å². The highest BCUT2D eigenvalue weighted by molar-refractivity contribution is 7.18. The Morgan fingerprint density at radius 3 is 2.95 bits per heavy atom. The molecule has 1 fully saturated rings. The van der Waals surface area contributed by atoms with E-state index in [0.29, 0.717) is 12.3 Å². The van der Waals surface area contributed by atoms with Crippen molar-refractivity contribution < 1.29 is 4.79 Å². The summed E-state index contributed by atoms with van der Waals surface area (Å²) in [4.78, 5) is 16.5. The second kappa shape index (κ2) is 7.20. The largest absolute Gasteiger partial charge is 0.326 e. The summed E-state index contributed by atoms with van der Waals surface area (Å²) in [6.45, 7) is 4.06. The lowest BCUT2D eigenvalue weighted by Crippen LogP contribution is -2.30. The topological polar surface area (TPSA) is 54.0 Å². The molecular formula is C15H20ClN3OS. The number of nitrogens with one attached hydrogen (secondary N) is 2. The third kappa shape index (κ3) is 4.15. The molecular weight excluding hydrogens is 306 g/mol. The smallest absolute Gasteiger partial charge is 0.224 e. The van der Waals surface area contributed by atoms with Gasteiger partial charge in [-0.05, 0) is 57.0 Å². The van der Waals surface area contributed by atoms with E-state index in [1.54, 1.807) is 11.3 Å². The lowest BCUT2D eigenvalue weighted by Gasteiger charge is -2.21. The van der Waals surface area contributed by atoms with Gasteiger partial charge in [0.2, 0.25) is 5.91 Å². The van der Waals surface area contributed by atoms with Crippen molar-refractivity contribution in [1.82, 2.24) is 10.3 Å². The predicted molar refractivity (Wildman–Crippen MR) is 90.4 cm³/mol. The van der Waals surface area contributed by atoms with Crippen molar-refractivity contribution in [1.29, 1.82) is 0 Å². The number of hydrogen-bond donors (Lipinski definition) is 2. The highest BCUT2D eigenvalue weighted by atomic mass is 35.5. The van der Waals surface area contributed by atoms with E-state index in [-0.39, 0.29) is 18.3 Å². The summed E-state index contributed by atoms with van der Waals surface area (Å²) in [6.07, 6.45) is 2.82. The molecule has 1 aliphatic heterocycles. The van der Waals surface area contributed by atoms with Crippen molar-refractivity contribution in [3.05, 3.63) is 23.2 Å². The van der Waals surface area contributed by atoms with E-state index in [0.717, 1.165) is 46.8 Å². The summed E-state index contributed by atoms with van der Waals surface area (Å²) in [6, 6.07) is 5.92. The molecule has 0 aliphatic carbocycles. The SMILES string of the molecule is Cc1nc2ccc(NC(=O)CC3CCNCC3)cc2s1.Cl. The third-order valence-corrected chi connectivity index (χ3v) is 4.65. The Morgan fingerprint density at radius 1 is 1.43 bits per heavy atom. The molecule has 0 saturated carbocycles. The molecule has 6 heteroatoms. The monoisotopic (exact) mass is 325 g/mol. The van der Waals surface area contributed by atoms with Crippen molar-refractivity contribution >= 4 is 45.6 Å². The van der Waals surface area contributed by atoms with E-state index in [4.69, 9.17) is 0 Å². The van der Waals surface area contributed by atoms with Gasteiger partial charge in [0, 0.05) is 12.1 Å². The zero-order valence-electron chi connectivity index (χ0n) is 12.0. The first-order valence-corrected chi connectivity index (χ1v) is 7.90. The van der Waals surface area contributed by atoms with Gasteiger partial charge in [0.25, 0.3) is 0 Å². The minimum absolute atomic E-state index is 0. The number of nitrogens with zero attached hydrogens (tertiary/aromatic N) is 1. The van der Waals surface area contributed by atoms with Crippen molar-refractivity contribution in [2.75, 3.05) is 18.4 Å². The minimum atomic E-state index is 0. The molecule has 1 amide bonds. The van der Waals surface area contributed by atoms with Gasteiger partial charge in [-0.25, -0.2) is 4.98 Å². The zero-order valence-corrected chi connectivity index (χ0v) is 13.6. The summed E-state index contributed by atoms with van der Waals surface area (Å²) in [5, 5.41) is 7.39. The zero-order chi connectivity index (χ0) is 13.9. The Morgan fingerprint density at radius 2 is 2.19 bits per heavy atom. The number of amides is 1. The maximum absolute atomic E-state index is 12.1. The fraction of sp³-hybridized carbons (Fsp3) is 0.467. The normalized spacial score (nSPS) is 15.7. The number of fused-ring (bicyclic) bond motifs is 1. The van der Waals surface area contributed by atoms with Crippen LogP contribution in [-0.4, -0.2) is 24.0 Å². The van der Waals surface area contributed by atoms with Crippen molar-refractivity contribution in [3.8, 4) is 0 Å². The Kier molecular flexibility index (Phi) is 5.56. The number of anilines is 1. The third-order valence-electron chi connectivity index (χ3n) is 3.71. The van der Waals surface area contributed by atoms with E-state index in [1.165, 1.54) is 0 Å². The molecule has 1 aromatic heterocycles. The molecule has 0 atom stereocenters. The van der Waals surface area contributed by atoms with Gasteiger partial charge in [-0.15, -0.1) is 23.7 Å². The van der Waals surface area contributed by atoms with E-state index in [2.05, 4.69) is 15.6 Å². The number of aromatic nitrogens is 1. The van der Waals surface area contributed by atoms with Gasteiger partial charge in [-0.3, -0.25) is 4.79 Å². The fourth-order valence-corrected chi connectivity index (χ4v) is 3.54. The summed E-state index contributed by atoms with van der Waals surface area (Å²) in [7, 11) is 0. The van der Waals surface area contributed by atoms with Gasteiger partial charge in [-0.2, -0.15) is 0 Å². The Labute approximate surface area is 134 Å². The second-order valence-corrected chi connectivity index (χ2v) is 6.60. The van der Waals surface area contributed by atoms with Crippen LogP contribution in [0.15, 0.2) is 18.2 Å². The maximum atomic E-state index is 12.1. The molecule has 1 aromatic carbocycles. The van der Waals surface area contributed by atoms with Crippen LogP contribution in [0.2, 0.25) is 0 Å². The number of piperidine rings is 1. The van der Waals surface area contributed by atoms with Crippen LogP contribution in [0, 0.1) is 12.8 Å². The summed E-state index contributed by atoms with van der Waals surface area (Å²) in [5.41, 5.74) is 1.88. The predicted octanol–water partition coefficient (Wildman–Crippen LogP) is 3.35. The van der Waals surface area contributed by atoms with E-state index in [9.17, 15) is 4.79 Å². The van der Waals surface area contributed by atoms with Crippen LogP contribution in [0.5, 0.6) is 0 Å². The number of carbonyl (C=O) groups excluding carboxylic acids is 1. The highest BCUT2D eigenvalue weighted by Gasteiger charge is 2.16. The molecule has 4 nitrogen and oxygen atoms in total. The van der Waals surface area contributed by atoms with Crippen LogP contribution in [0.25, 0.3) is 10.2 Å². The molecule has 3 rings (SSSR count). The van der Waals surface area contributed by atoms with E-state index >= 15 is 0 Å². The van der Waals surface area contributed by atoms with Gasteiger partial charge in [0.15, 0.2) is 0 Å². The van der Waals surface area contributed by atoms with Crippen LogP contribution in [0.4, 0.5) is 5.69 Å². The molecule has 1 aliphatic rings. The van der Waals surface area contributed by atoms with E-state index < -0.39 is 0 Å². The molecule has 21 heavy (non-hydrogen) atoms. The lowest BCUT2D eigenvalue weighted by molar-refractivity contribution is -0.117. The average Bonchev–Trinajstić information content (AvgIpc) is 2.79. The molecule has 0 spiro atoms. The first-order valence-electron chi connectivity index (χ1n) is 7.08. The van der Waals surface area contributed by atoms with Crippen molar-refractivity contribution in [2.45, 2.75) is 26.2 Å². The number of benzene rings is 1. The molecule has 2 heterocycles. The molecule has 2 N–H and O–H groups in total. The minimum Gasteiger partial charge on any atom is -0.326 e. The van der Waals surface area contributed by atoms with Crippen LogP contribution >= 0.6 is 23.7 Å². The van der Waals surface area contributed by atoms with Crippen molar-refractivity contribution in [2.24, 2.45) is 5.92 Å². The molecule has 0 radical (unpaired) electrons. The Balaban J connectivity index is 0.00000161. The number of hydrogen-bond acceptors (Lipinski definition) is 4. The first kappa shape index (κ1) is 16.2. The van der Waals surface area contributed by atoms with Gasteiger partial charge < -0.3 is 10.6 Å².